The number of nitrogens with two attached hydrogens (primary N) is 1. The number of aryl methyl sites for hydroxylation is 1. The molecule has 0 radical (unpaired) electrons. The third kappa shape index (κ3) is 3.11. The smallest absolute Gasteiger partial charge is 0.126 e. The van der Waals surface area contributed by atoms with Gasteiger partial charge in [-0.25, -0.2) is 9.37 Å². The Morgan fingerprint density at radius 1 is 1.14 bits per heavy atom. The minimum absolute atomic E-state index is 0.194. The normalized spacial score (nSPS) is 10.8. The van der Waals surface area contributed by atoms with Crippen LogP contribution < -0.4 is 5.73 Å². The van der Waals surface area contributed by atoms with Crippen molar-refractivity contribution >= 4 is 17.0 Å². The Bertz CT molecular complexity index is 763. The summed E-state index contributed by atoms with van der Waals surface area (Å²) < 4.78 is 13.6. The van der Waals surface area contributed by atoms with E-state index in [1.165, 1.54) is 11.6 Å². The molecule has 3 aromatic rings. The molecule has 1 aromatic heterocycles. The van der Waals surface area contributed by atoms with Crippen molar-refractivity contribution in [2.45, 2.75) is 13.3 Å². The molecule has 0 saturated carbocycles. The van der Waals surface area contributed by atoms with Gasteiger partial charge in [-0.2, -0.15) is 0 Å². The van der Waals surface area contributed by atoms with E-state index in [1.54, 1.807) is 24.3 Å². The highest BCUT2D eigenvalue weighted by Gasteiger charge is 2.07. The summed E-state index contributed by atoms with van der Waals surface area (Å²) in [6, 6.07) is 13.0. The van der Waals surface area contributed by atoms with Crippen LogP contribution in [0.15, 0.2) is 47.8 Å². The third-order valence-corrected chi connectivity index (χ3v) is 4.20. The van der Waals surface area contributed by atoms with Gasteiger partial charge in [0.15, 0.2) is 0 Å². The average molecular weight is 298 g/mol. The fraction of sp³-hybridized carbons (Fsp3) is 0.118. The van der Waals surface area contributed by atoms with Gasteiger partial charge < -0.3 is 5.73 Å². The first-order valence-electron chi connectivity index (χ1n) is 6.67. The van der Waals surface area contributed by atoms with Crippen LogP contribution in [0.1, 0.15) is 16.1 Å². The second-order valence-electron chi connectivity index (χ2n) is 5.01. The predicted octanol–water partition coefficient (Wildman–Crippen LogP) is 4.43. The molecule has 4 heteroatoms. The number of hydrogen-bond donors (Lipinski definition) is 1. The molecular formula is C17H15FN2S. The molecule has 2 nitrogen and oxygen atoms in total. The van der Waals surface area contributed by atoms with Crippen molar-refractivity contribution in [1.82, 2.24) is 4.98 Å². The number of thiazole rings is 1. The van der Waals surface area contributed by atoms with Crippen LogP contribution >= 0.6 is 11.3 Å². The first-order chi connectivity index (χ1) is 10.1. The number of benzene rings is 2. The molecule has 21 heavy (non-hydrogen) atoms. The van der Waals surface area contributed by atoms with Crippen LogP contribution in [0.4, 0.5) is 10.1 Å². The van der Waals surface area contributed by atoms with Crippen LogP contribution in [0, 0.1) is 12.7 Å². The highest BCUT2D eigenvalue weighted by Crippen LogP contribution is 2.25. The third-order valence-electron chi connectivity index (χ3n) is 3.35. The summed E-state index contributed by atoms with van der Waals surface area (Å²) in [5.41, 5.74) is 9.89. The lowest BCUT2D eigenvalue weighted by atomic mass is 10.1. The second-order valence-corrected chi connectivity index (χ2v) is 5.95. The van der Waals surface area contributed by atoms with Gasteiger partial charge in [0, 0.05) is 23.1 Å². The molecule has 0 saturated heterocycles. The van der Waals surface area contributed by atoms with Gasteiger partial charge >= 0.3 is 0 Å². The Labute approximate surface area is 127 Å². The number of nitrogen functional groups attached to an aromatic ring is 1. The van der Waals surface area contributed by atoms with Crippen LogP contribution in [0.25, 0.3) is 11.3 Å². The minimum Gasteiger partial charge on any atom is -0.399 e. The van der Waals surface area contributed by atoms with E-state index in [4.69, 9.17) is 5.73 Å². The van der Waals surface area contributed by atoms with Crippen LogP contribution in [-0.4, -0.2) is 4.98 Å². The lowest BCUT2D eigenvalue weighted by Crippen LogP contribution is -1.90. The fourth-order valence-electron chi connectivity index (χ4n) is 2.09. The van der Waals surface area contributed by atoms with Crippen molar-refractivity contribution in [3.63, 3.8) is 0 Å². The van der Waals surface area contributed by atoms with E-state index < -0.39 is 0 Å². The lowest BCUT2D eigenvalue weighted by molar-refractivity contribution is 0.619. The van der Waals surface area contributed by atoms with E-state index in [0.29, 0.717) is 5.56 Å². The Balaban J connectivity index is 1.82. The van der Waals surface area contributed by atoms with E-state index in [0.717, 1.165) is 28.4 Å². The standard InChI is InChI=1S/C17H15FN2S/c1-11-2-5-13(9-15(11)18)16-10-21-17(20-16)8-12-3-6-14(19)7-4-12/h2-7,9-10H,8,19H2,1H3. The molecule has 0 aliphatic carbocycles. The number of nitrogens with zero attached hydrogens (tertiary/aromatic N) is 1. The molecule has 0 spiro atoms. The molecule has 3 rings (SSSR count). The number of halogens is 1. The maximum Gasteiger partial charge on any atom is 0.126 e. The van der Waals surface area contributed by atoms with Gasteiger partial charge in [-0.1, -0.05) is 24.3 Å². The number of aromatic nitrogens is 1. The highest BCUT2D eigenvalue weighted by molar-refractivity contribution is 7.10. The molecule has 0 bridgehead atoms. The average Bonchev–Trinajstić information content (AvgIpc) is 2.93. The maximum atomic E-state index is 13.6. The van der Waals surface area contributed by atoms with Crippen molar-refractivity contribution in [3.05, 3.63) is 69.8 Å². The summed E-state index contributed by atoms with van der Waals surface area (Å²) in [5.74, 6) is -0.194. The van der Waals surface area contributed by atoms with Gasteiger partial charge in [-0.15, -0.1) is 11.3 Å². The van der Waals surface area contributed by atoms with Gasteiger partial charge in [-0.3, -0.25) is 0 Å². The zero-order chi connectivity index (χ0) is 14.8. The molecule has 2 N–H and O–H groups in total. The quantitative estimate of drug-likeness (QED) is 0.726. The Morgan fingerprint density at radius 3 is 2.62 bits per heavy atom. The maximum absolute atomic E-state index is 13.6. The van der Waals surface area contributed by atoms with Crippen molar-refractivity contribution in [1.29, 1.82) is 0 Å². The summed E-state index contributed by atoms with van der Waals surface area (Å²) >= 11 is 1.59. The monoisotopic (exact) mass is 298 g/mol. The highest BCUT2D eigenvalue weighted by atomic mass is 32.1. The van der Waals surface area contributed by atoms with Gasteiger partial charge in [0.1, 0.15) is 5.82 Å². The summed E-state index contributed by atoms with van der Waals surface area (Å²) in [6.45, 7) is 1.76. The van der Waals surface area contributed by atoms with Crippen LogP contribution in [0.5, 0.6) is 0 Å². The van der Waals surface area contributed by atoms with Crippen molar-refractivity contribution in [2.24, 2.45) is 0 Å². The van der Waals surface area contributed by atoms with Crippen molar-refractivity contribution < 1.29 is 4.39 Å². The van der Waals surface area contributed by atoms with Gasteiger partial charge in [0.2, 0.25) is 0 Å². The number of rotatable bonds is 3. The van der Waals surface area contributed by atoms with Crippen LogP contribution in [-0.2, 0) is 6.42 Å². The molecule has 0 amide bonds. The second kappa shape index (κ2) is 5.66. The zero-order valence-electron chi connectivity index (χ0n) is 11.6. The largest absolute Gasteiger partial charge is 0.399 e. The van der Waals surface area contributed by atoms with Crippen LogP contribution in [0.2, 0.25) is 0 Å². The predicted molar refractivity (Wildman–Crippen MR) is 85.9 cm³/mol. The van der Waals surface area contributed by atoms with Gasteiger partial charge in [-0.05, 0) is 36.2 Å². The van der Waals surface area contributed by atoms with E-state index >= 15 is 0 Å². The summed E-state index contributed by atoms with van der Waals surface area (Å²) in [6.07, 6.45) is 0.763. The Hall–Kier alpha value is -2.20. The topological polar surface area (TPSA) is 38.9 Å². The number of hydrogen-bond acceptors (Lipinski definition) is 3. The summed E-state index contributed by atoms with van der Waals surface area (Å²) in [5, 5.41) is 2.98. The van der Waals surface area contributed by atoms with Crippen molar-refractivity contribution in [3.8, 4) is 11.3 Å². The Kier molecular flexibility index (Phi) is 3.71. The molecular weight excluding hydrogens is 283 g/mol. The minimum atomic E-state index is -0.194. The van der Waals surface area contributed by atoms with Crippen LogP contribution in [0.3, 0.4) is 0 Å². The SMILES string of the molecule is Cc1ccc(-c2csc(Cc3ccc(N)cc3)n2)cc1F. The fourth-order valence-corrected chi connectivity index (χ4v) is 2.92. The van der Waals surface area contributed by atoms with E-state index in [-0.39, 0.29) is 5.82 Å². The van der Waals surface area contributed by atoms with E-state index in [9.17, 15) is 4.39 Å². The number of anilines is 1. The first kappa shape index (κ1) is 13.8. The summed E-state index contributed by atoms with van der Waals surface area (Å²) in [7, 11) is 0. The molecule has 0 atom stereocenters. The molecule has 2 aromatic carbocycles. The molecule has 0 fully saturated rings. The first-order valence-corrected chi connectivity index (χ1v) is 7.55. The Morgan fingerprint density at radius 2 is 1.90 bits per heavy atom. The van der Waals surface area contributed by atoms with Gasteiger partial charge in [0.25, 0.3) is 0 Å². The molecule has 0 aliphatic heterocycles. The molecule has 0 unspecified atom stereocenters. The van der Waals surface area contributed by atoms with E-state index in [1.807, 2.05) is 35.7 Å². The molecule has 1 heterocycles. The van der Waals surface area contributed by atoms with Crippen molar-refractivity contribution in [2.75, 3.05) is 5.73 Å². The lowest BCUT2D eigenvalue weighted by Gasteiger charge is -2.00. The molecule has 0 aliphatic rings. The van der Waals surface area contributed by atoms with Gasteiger partial charge in [0.05, 0.1) is 10.7 Å². The van der Waals surface area contributed by atoms with E-state index in [2.05, 4.69) is 4.98 Å². The zero-order valence-corrected chi connectivity index (χ0v) is 12.5. The molecule has 106 valence electrons. The summed E-state index contributed by atoms with van der Waals surface area (Å²) in [4.78, 5) is 4.59.